The van der Waals surface area contributed by atoms with Gasteiger partial charge in [-0.15, -0.1) is 0 Å². The van der Waals surface area contributed by atoms with Crippen LogP contribution in [0.4, 0.5) is 5.82 Å². The number of nitrogens with zero attached hydrogens (tertiary/aromatic N) is 15. The van der Waals surface area contributed by atoms with Gasteiger partial charge in [-0.05, 0) is 147 Å². The molecule has 0 unspecified atom stereocenters. The van der Waals surface area contributed by atoms with Crippen LogP contribution in [-0.2, 0) is 58.7 Å². The van der Waals surface area contributed by atoms with E-state index in [9.17, 15) is 0 Å². The number of thiophene rings is 1. The Morgan fingerprint density at radius 2 is 0.721 bits per heavy atom. The maximum absolute atomic E-state index is 5.46. The van der Waals surface area contributed by atoms with Crippen molar-refractivity contribution in [3.63, 3.8) is 0 Å². The summed E-state index contributed by atoms with van der Waals surface area (Å²) in [6.45, 7) is 50.0. The molecule has 17 heteroatoms. The third-order valence-corrected chi connectivity index (χ3v) is 32.7. The number of aryl methyl sites for hydroxylation is 7. The molecule has 23 aromatic rings. The maximum atomic E-state index is 5.46. The number of rotatable bonds is 9. The van der Waals surface area contributed by atoms with Gasteiger partial charge in [-0.3, -0.25) is 4.48 Å². The highest BCUT2D eigenvalue weighted by Crippen LogP contribution is 2.51. The van der Waals surface area contributed by atoms with E-state index < -0.39 is 10.0 Å². The van der Waals surface area contributed by atoms with Gasteiger partial charge >= 0.3 is 5.82 Å². The Morgan fingerprint density at radius 1 is 0.357 bits per heavy atom. The number of pyridine rings is 5. The van der Waals surface area contributed by atoms with Gasteiger partial charge in [0.15, 0.2) is 26.9 Å². The quantitative estimate of drug-likeness (QED) is 0.0820. The summed E-state index contributed by atoms with van der Waals surface area (Å²) in [5, 5.41) is 19.5. The number of fused-ring (bicyclic) bond motifs is 15. The van der Waals surface area contributed by atoms with Gasteiger partial charge in [0.05, 0.1) is 48.1 Å². The molecule has 0 radical (unpaired) electrons. The highest BCUT2D eigenvalue weighted by Gasteiger charge is 2.43. The van der Waals surface area contributed by atoms with Gasteiger partial charge in [0.25, 0.3) is 39.5 Å². The topological polar surface area (TPSA) is 78.6 Å². The SMILES string of the molecule is CS(C)(C)c1c[n+]2c3ccccc3c3cccc4c3c2n1C4.C[N+](C)(C)c1c[n+]2c3ccccc3c3cccc4c3c2n1C4.Cc1cccc(C)c1-c1c[n+]2c3c4c(cccc4c4c(nc(C)n4CC(C)(C)C)n13)C2.Cc1cccc(C)c1-c1c[n+]2c3c4c(cccc4c4c(nc(CC(C)(C)C)n4CC(C)(C)C)n13)C2.Cc1cccc(C)c1-c1c[n+]2c3c4c(cccc4c4cc(CC(C)(C)C)sc4n13)C2. The van der Waals surface area contributed by atoms with Gasteiger partial charge in [-0.1, -0.05) is 276 Å². The number of para-hydroxylation sites is 2. The Labute approximate surface area is 825 Å². The van der Waals surface area contributed by atoms with Crippen LogP contribution in [0.15, 0.2) is 236 Å². The molecule has 18 heterocycles. The third kappa shape index (κ3) is 14.0. The number of benzene rings is 10. The Kier molecular flexibility index (Phi) is 20.0. The Hall–Kier alpha value is -13.3. The summed E-state index contributed by atoms with van der Waals surface area (Å²) in [5.41, 5.74) is 37.6. The smallest absolute Gasteiger partial charge is 0.324 e. The normalized spacial score (nSPS) is 13.8. The molecule has 0 saturated carbocycles. The summed E-state index contributed by atoms with van der Waals surface area (Å²) < 4.78 is 30.4. The molecule has 0 spiro atoms. The fourth-order valence-corrected chi connectivity index (χ4v) is 27.3. The summed E-state index contributed by atoms with van der Waals surface area (Å²) in [7, 11) is 5.94. The molecule has 0 N–H and O–H groups in total. The van der Waals surface area contributed by atoms with Crippen LogP contribution in [0.1, 0.15) is 161 Å². The molecule has 13 aromatic heterocycles. The van der Waals surface area contributed by atoms with Crippen molar-refractivity contribution in [2.24, 2.45) is 21.7 Å². The average Bonchev–Trinajstić information content (AvgIpc) is 1.56. The van der Waals surface area contributed by atoms with Gasteiger partial charge < -0.3 is 9.13 Å². The molecule has 5 aliphatic heterocycles. The van der Waals surface area contributed by atoms with Crippen LogP contribution in [0.25, 0.3) is 170 Å². The van der Waals surface area contributed by atoms with Crippen molar-refractivity contribution in [2.45, 2.75) is 195 Å². The maximum Gasteiger partial charge on any atom is 0.332 e. The van der Waals surface area contributed by atoms with Crippen molar-refractivity contribution in [3.05, 3.63) is 309 Å². The van der Waals surface area contributed by atoms with Crippen molar-refractivity contribution < 1.29 is 22.5 Å². The number of quaternary nitrogens is 1. The monoisotopic (exact) mass is 1880 g/mol. The number of imidazole rings is 7. The van der Waals surface area contributed by atoms with Crippen molar-refractivity contribution in [1.82, 2.24) is 45.9 Å². The minimum absolute atomic E-state index is 0.144. The lowest BCUT2D eigenvalue weighted by atomic mass is 9.91. The molecule has 0 atom stereocenters. The zero-order valence-electron chi connectivity index (χ0n) is 86.3. The standard InChI is InChI=1S/C31H37N4.C27H29N4.C27H27N2S.C19H19N3.C19H19N2S/c1-19-11-9-12-20(2)25(19)23-17-33-16-21-13-10-14-22-26(21)29(33)35(23)28-27(22)34(18-31(6,7)8)24(32-28)15-30(3,4)5;1-16-9-7-10-17(2)22(16)21-14-29-13-19-11-8-12-20-23(19)26(29)31(21)25-24(20)30(18(3)28-25)15-27(4,5)6;1-16-8-6-9-17(2)23(16)22-15-28-14-18-10-7-11-20-21-12-19(13-27(3,4)5)30-26(21)29(22)25(28)24(18)20;2*1-22(2,3)17-12-20-16-10-5-4-8-14(16)15-9-6-7-13-11-21(17)19(20)18(13)15/h9-14,17H,15-16,18H2,1-8H3;7-12,14H,13,15H2,1-6H3;6-12,15H,13-14H2,1-5H3;2*4-10,12H,11H2,1-3H3/q3*+1;+2;+1. The second-order valence-corrected chi connectivity index (χ2v) is 52.7. The fourth-order valence-electron chi connectivity index (χ4n) is 24.6. The van der Waals surface area contributed by atoms with Gasteiger partial charge in [-0.2, -0.15) is 46.6 Å². The van der Waals surface area contributed by atoms with Crippen molar-refractivity contribution in [2.75, 3.05) is 39.9 Å². The molecule has 0 fully saturated rings. The highest BCUT2D eigenvalue weighted by atomic mass is 32.3. The van der Waals surface area contributed by atoms with Gasteiger partial charge in [0.1, 0.15) is 91.2 Å². The van der Waals surface area contributed by atoms with E-state index in [1.165, 1.54) is 242 Å². The number of hydrogen-bond acceptors (Lipinski definition) is 3. The molecular weight excluding hydrogens is 1750 g/mol. The first-order valence-corrected chi connectivity index (χ1v) is 53.9. The first-order chi connectivity index (χ1) is 66.6. The van der Waals surface area contributed by atoms with Crippen LogP contribution in [0.5, 0.6) is 0 Å². The lowest BCUT2D eigenvalue weighted by Crippen LogP contribution is -2.37. The average molecular weight is 1880 g/mol. The van der Waals surface area contributed by atoms with E-state index in [1.54, 1.807) is 0 Å². The zero-order valence-corrected chi connectivity index (χ0v) is 88.0. The van der Waals surface area contributed by atoms with Crippen LogP contribution in [0.2, 0.25) is 0 Å². The molecule has 0 saturated heterocycles. The highest BCUT2D eigenvalue weighted by molar-refractivity contribution is 8.32. The van der Waals surface area contributed by atoms with Crippen LogP contribution in [0.3, 0.4) is 0 Å². The number of aromatic nitrogens is 14. The molecule has 0 bridgehead atoms. The first kappa shape index (κ1) is 89.3. The van der Waals surface area contributed by atoms with E-state index in [-0.39, 0.29) is 21.7 Å². The summed E-state index contributed by atoms with van der Waals surface area (Å²) in [6, 6.07) is 73.7. The molecule has 15 nitrogen and oxygen atoms in total. The molecule has 28 rings (SSSR count). The summed E-state index contributed by atoms with van der Waals surface area (Å²) >= 11 is 1.98. The van der Waals surface area contributed by atoms with Crippen LogP contribution >= 0.6 is 21.4 Å². The van der Waals surface area contributed by atoms with Crippen LogP contribution in [-0.4, -0.2) is 81.3 Å². The summed E-state index contributed by atoms with van der Waals surface area (Å²) in [6.07, 6.45) is 21.0. The molecule has 10 aromatic carbocycles. The fraction of sp³-hybridized carbons (Fsp3) is 0.309. The van der Waals surface area contributed by atoms with Gasteiger partial charge in [0, 0.05) is 112 Å². The predicted octanol–water partition coefficient (Wildman–Crippen LogP) is 26.6. The largest absolute Gasteiger partial charge is 0.332 e. The van der Waals surface area contributed by atoms with Gasteiger partial charge in [0.2, 0.25) is 6.20 Å². The number of hydrogen-bond donors (Lipinski definition) is 0. The van der Waals surface area contributed by atoms with Gasteiger partial charge in [-0.25, -0.2) is 18.3 Å². The Morgan fingerprint density at radius 3 is 1.17 bits per heavy atom. The predicted molar refractivity (Wildman–Crippen MR) is 586 cm³/mol. The molecular formula is C123H131N15S2+6. The minimum Gasteiger partial charge on any atom is -0.324 e. The second kappa shape index (κ2) is 31.3. The van der Waals surface area contributed by atoms with E-state index >= 15 is 0 Å². The molecule has 0 amide bonds. The Bertz CT molecular complexity index is 9080. The lowest BCUT2D eigenvalue weighted by molar-refractivity contribution is -0.657. The van der Waals surface area contributed by atoms with E-state index in [1.807, 2.05) is 11.3 Å². The first-order valence-electron chi connectivity index (χ1n) is 50.2. The van der Waals surface area contributed by atoms with Crippen molar-refractivity contribution in [1.29, 1.82) is 0 Å². The Balaban J connectivity index is 0.0000000958. The van der Waals surface area contributed by atoms with Crippen LogP contribution in [0, 0.1) is 70.1 Å². The van der Waals surface area contributed by atoms with Crippen molar-refractivity contribution in [3.8, 4) is 33.8 Å². The zero-order chi connectivity index (χ0) is 97.4. The van der Waals surface area contributed by atoms with E-state index in [0.717, 1.165) is 80.3 Å². The van der Waals surface area contributed by atoms with Crippen molar-refractivity contribution >= 4 is 164 Å². The van der Waals surface area contributed by atoms with E-state index in [4.69, 9.17) is 9.97 Å². The van der Waals surface area contributed by atoms with E-state index in [0.29, 0.717) is 0 Å². The third-order valence-electron chi connectivity index (χ3n) is 30.0. The van der Waals surface area contributed by atoms with E-state index in [2.05, 4.69) is 457 Å². The summed E-state index contributed by atoms with van der Waals surface area (Å²) in [4.78, 5) is 13.5. The lowest BCUT2D eigenvalue weighted by Gasteiger charge is -2.24. The minimum atomic E-state index is -0.772. The molecule has 0 aliphatic carbocycles. The summed E-state index contributed by atoms with van der Waals surface area (Å²) in [5.74, 6) is 3.61. The second-order valence-electron chi connectivity index (χ2n) is 47.5. The molecule has 140 heavy (non-hydrogen) atoms. The molecule has 704 valence electrons. The molecule has 5 aliphatic rings. The van der Waals surface area contributed by atoms with Crippen LogP contribution < -0.4 is 27.0 Å².